The Morgan fingerprint density at radius 1 is 1.50 bits per heavy atom. The first-order valence-electron chi connectivity index (χ1n) is 3.94. The minimum atomic E-state index is -0.432. The summed E-state index contributed by atoms with van der Waals surface area (Å²) in [7, 11) is 0. The van der Waals surface area contributed by atoms with E-state index in [0.29, 0.717) is 5.56 Å². The van der Waals surface area contributed by atoms with Gasteiger partial charge in [0.15, 0.2) is 0 Å². The number of nitro groups is 1. The highest BCUT2D eigenvalue weighted by Gasteiger charge is 2.06. The normalized spacial score (nSPS) is 9.00. The minimum Gasteiger partial charge on any atom is -0.258 e. The summed E-state index contributed by atoms with van der Waals surface area (Å²) in [6.45, 7) is 1.79. The molecule has 0 heterocycles. The molecule has 0 aliphatic carbocycles. The van der Waals surface area contributed by atoms with E-state index in [2.05, 4.69) is 11.8 Å². The molecule has 0 spiro atoms. The zero-order valence-corrected chi connectivity index (χ0v) is 8.34. The van der Waals surface area contributed by atoms with Crippen LogP contribution in [0.2, 0.25) is 0 Å². The fourth-order valence-electron chi connectivity index (χ4n) is 1.08. The maximum Gasteiger partial charge on any atom is 0.270 e. The van der Waals surface area contributed by atoms with Crippen molar-refractivity contribution < 1.29 is 4.92 Å². The van der Waals surface area contributed by atoms with Crippen molar-refractivity contribution in [3.8, 4) is 11.8 Å². The Morgan fingerprint density at radius 2 is 2.21 bits per heavy atom. The number of hydrogen-bond acceptors (Lipinski definition) is 2. The highest BCUT2D eigenvalue weighted by molar-refractivity contribution is 6.19. The smallest absolute Gasteiger partial charge is 0.258 e. The molecule has 0 radical (unpaired) electrons. The van der Waals surface area contributed by atoms with E-state index < -0.39 is 4.92 Å². The van der Waals surface area contributed by atoms with Gasteiger partial charge in [0, 0.05) is 17.7 Å². The maximum atomic E-state index is 10.5. The SMILES string of the molecule is Cc1cc(C#CCCl)cc([N+](=O)[O-])c1. The van der Waals surface area contributed by atoms with Gasteiger partial charge < -0.3 is 0 Å². The fraction of sp³-hybridized carbons (Fsp3) is 0.200. The molecule has 4 heteroatoms. The lowest BCUT2D eigenvalue weighted by molar-refractivity contribution is -0.384. The van der Waals surface area contributed by atoms with Crippen LogP contribution in [0, 0.1) is 28.9 Å². The molecule has 1 rings (SSSR count). The van der Waals surface area contributed by atoms with Gasteiger partial charge in [-0.1, -0.05) is 11.8 Å². The average Bonchev–Trinajstić information content (AvgIpc) is 2.14. The Morgan fingerprint density at radius 3 is 2.79 bits per heavy atom. The summed E-state index contributed by atoms with van der Waals surface area (Å²) < 4.78 is 0. The molecule has 0 aromatic heterocycles. The van der Waals surface area contributed by atoms with Gasteiger partial charge in [-0.2, -0.15) is 0 Å². The van der Waals surface area contributed by atoms with Crippen molar-refractivity contribution in [1.29, 1.82) is 0 Å². The second-order valence-corrected chi connectivity index (χ2v) is 3.02. The molecule has 0 N–H and O–H groups in total. The molecule has 0 aliphatic rings. The van der Waals surface area contributed by atoms with Crippen molar-refractivity contribution in [2.45, 2.75) is 6.92 Å². The first kappa shape index (κ1) is 10.6. The molecule has 0 amide bonds. The largest absolute Gasteiger partial charge is 0.270 e. The molecule has 0 saturated carbocycles. The monoisotopic (exact) mass is 209 g/mol. The lowest BCUT2D eigenvalue weighted by atomic mass is 10.1. The van der Waals surface area contributed by atoms with E-state index in [1.165, 1.54) is 12.1 Å². The number of nitrogens with zero attached hydrogens (tertiary/aromatic N) is 1. The van der Waals surface area contributed by atoms with Crippen LogP contribution in [0.5, 0.6) is 0 Å². The first-order chi connectivity index (χ1) is 6.63. The molecule has 14 heavy (non-hydrogen) atoms. The predicted octanol–water partition coefficient (Wildman–Crippen LogP) is 2.49. The van der Waals surface area contributed by atoms with Gasteiger partial charge >= 0.3 is 0 Å². The number of benzene rings is 1. The van der Waals surface area contributed by atoms with Gasteiger partial charge in [0.05, 0.1) is 10.8 Å². The first-order valence-corrected chi connectivity index (χ1v) is 4.48. The summed E-state index contributed by atoms with van der Waals surface area (Å²) in [5.41, 5.74) is 1.50. The molecular weight excluding hydrogens is 202 g/mol. The van der Waals surface area contributed by atoms with E-state index in [1.54, 1.807) is 13.0 Å². The van der Waals surface area contributed by atoms with Crippen molar-refractivity contribution in [3.63, 3.8) is 0 Å². The summed E-state index contributed by atoms with van der Waals surface area (Å²) in [5.74, 6) is 5.62. The number of halogens is 1. The molecular formula is C10H8ClNO2. The van der Waals surface area contributed by atoms with Gasteiger partial charge in [-0.25, -0.2) is 0 Å². The van der Waals surface area contributed by atoms with Crippen molar-refractivity contribution in [3.05, 3.63) is 39.4 Å². The number of hydrogen-bond donors (Lipinski definition) is 0. The van der Waals surface area contributed by atoms with E-state index in [4.69, 9.17) is 11.6 Å². The second kappa shape index (κ2) is 4.64. The standard InChI is InChI=1S/C10H8ClNO2/c1-8-5-9(3-2-4-11)7-10(6-8)12(13)14/h5-7H,4H2,1H3. The van der Waals surface area contributed by atoms with Crippen LogP contribution < -0.4 is 0 Å². The third-order valence-corrected chi connectivity index (χ3v) is 1.71. The van der Waals surface area contributed by atoms with Crippen LogP contribution in [0.4, 0.5) is 5.69 Å². The number of aryl methyl sites for hydroxylation is 1. The zero-order valence-electron chi connectivity index (χ0n) is 7.58. The van der Waals surface area contributed by atoms with E-state index in [0.717, 1.165) is 5.56 Å². The van der Waals surface area contributed by atoms with Crippen LogP contribution in [0.15, 0.2) is 18.2 Å². The Bertz CT molecular complexity index is 418. The van der Waals surface area contributed by atoms with Crippen molar-refractivity contribution >= 4 is 17.3 Å². The molecule has 0 saturated heterocycles. The van der Waals surface area contributed by atoms with E-state index in [1.807, 2.05) is 0 Å². The molecule has 1 aromatic carbocycles. The van der Waals surface area contributed by atoms with Crippen LogP contribution in [0.3, 0.4) is 0 Å². The highest BCUT2D eigenvalue weighted by atomic mass is 35.5. The van der Waals surface area contributed by atoms with E-state index in [9.17, 15) is 10.1 Å². The van der Waals surface area contributed by atoms with Crippen LogP contribution in [-0.2, 0) is 0 Å². The quantitative estimate of drug-likeness (QED) is 0.309. The summed E-state index contributed by atoms with van der Waals surface area (Å²) >= 11 is 5.39. The molecule has 0 fully saturated rings. The number of rotatable bonds is 1. The van der Waals surface area contributed by atoms with E-state index in [-0.39, 0.29) is 11.6 Å². The van der Waals surface area contributed by atoms with Crippen LogP contribution in [0.25, 0.3) is 0 Å². The Kier molecular flexibility index (Phi) is 3.49. The predicted molar refractivity (Wildman–Crippen MR) is 55.4 cm³/mol. The van der Waals surface area contributed by atoms with Gasteiger partial charge in [-0.3, -0.25) is 10.1 Å². The Labute approximate surface area is 86.8 Å². The molecule has 3 nitrogen and oxygen atoms in total. The summed E-state index contributed by atoms with van der Waals surface area (Å²) in [6.07, 6.45) is 0. The summed E-state index contributed by atoms with van der Waals surface area (Å²) in [6, 6.07) is 4.73. The highest BCUT2D eigenvalue weighted by Crippen LogP contribution is 2.15. The molecule has 0 unspecified atom stereocenters. The third kappa shape index (κ3) is 2.75. The van der Waals surface area contributed by atoms with Crippen LogP contribution >= 0.6 is 11.6 Å². The fourth-order valence-corrected chi connectivity index (χ4v) is 1.14. The van der Waals surface area contributed by atoms with Gasteiger partial charge in [0.2, 0.25) is 0 Å². The molecule has 0 bridgehead atoms. The van der Waals surface area contributed by atoms with Gasteiger partial charge in [0.25, 0.3) is 5.69 Å². The maximum absolute atomic E-state index is 10.5. The topological polar surface area (TPSA) is 43.1 Å². The van der Waals surface area contributed by atoms with Crippen molar-refractivity contribution in [2.24, 2.45) is 0 Å². The van der Waals surface area contributed by atoms with E-state index >= 15 is 0 Å². The minimum absolute atomic E-state index is 0.0591. The van der Waals surface area contributed by atoms with Gasteiger partial charge in [-0.05, 0) is 18.6 Å². The summed E-state index contributed by atoms with van der Waals surface area (Å²) in [4.78, 5) is 10.1. The second-order valence-electron chi connectivity index (χ2n) is 2.75. The number of alkyl halides is 1. The number of nitro benzene ring substituents is 1. The summed E-state index contributed by atoms with van der Waals surface area (Å²) in [5, 5.41) is 10.5. The molecule has 72 valence electrons. The van der Waals surface area contributed by atoms with Gasteiger partial charge in [0.1, 0.15) is 0 Å². The Balaban J connectivity index is 3.13. The number of non-ortho nitro benzene ring substituents is 1. The third-order valence-electron chi connectivity index (χ3n) is 1.57. The van der Waals surface area contributed by atoms with Crippen LogP contribution in [0.1, 0.15) is 11.1 Å². The van der Waals surface area contributed by atoms with Crippen molar-refractivity contribution in [1.82, 2.24) is 0 Å². The molecule has 0 aliphatic heterocycles. The lowest BCUT2D eigenvalue weighted by Gasteiger charge is -1.95. The van der Waals surface area contributed by atoms with Gasteiger partial charge in [-0.15, -0.1) is 11.6 Å². The zero-order chi connectivity index (χ0) is 10.6. The lowest BCUT2D eigenvalue weighted by Crippen LogP contribution is -1.90. The average molecular weight is 210 g/mol. The Hall–Kier alpha value is -1.53. The molecule has 1 aromatic rings. The van der Waals surface area contributed by atoms with Crippen molar-refractivity contribution in [2.75, 3.05) is 5.88 Å². The van der Waals surface area contributed by atoms with Crippen LogP contribution in [-0.4, -0.2) is 10.8 Å². The molecule has 0 atom stereocenters.